The number of nitrogens with zero attached hydrogens (tertiary/aromatic N) is 5. The quantitative estimate of drug-likeness (QED) is 0.401. The molecule has 0 saturated carbocycles. The molecular weight excluding hydrogens is 453 g/mol. The third-order valence-electron chi connectivity index (χ3n) is 5.04. The fraction of sp³-hybridized carbons (Fsp3) is 0.348. The zero-order valence-electron chi connectivity index (χ0n) is 18.2. The Morgan fingerprint density at radius 2 is 1.61 bits per heavy atom. The van der Waals surface area contributed by atoms with Gasteiger partial charge in [0, 0.05) is 15.1 Å². The van der Waals surface area contributed by atoms with Gasteiger partial charge in [0.15, 0.2) is 5.82 Å². The summed E-state index contributed by atoms with van der Waals surface area (Å²) in [7, 11) is 4.02. The van der Waals surface area contributed by atoms with Gasteiger partial charge in [-0.1, -0.05) is 85.9 Å². The Bertz CT molecular complexity index is 1050. The van der Waals surface area contributed by atoms with Gasteiger partial charge in [-0.2, -0.15) is 0 Å². The minimum atomic E-state index is -0.156. The summed E-state index contributed by atoms with van der Waals surface area (Å²) in [5, 5.41) is 14.7. The summed E-state index contributed by atoms with van der Waals surface area (Å²) < 4.78 is 1.89. The van der Waals surface area contributed by atoms with Crippen molar-refractivity contribution in [3.05, 3.63) is 80.6 Å². The van der Waals surface area contributed by atoms with E-state index in [0.29, 0.717) is 15.1 Å². The Balaban J connectivity index is 2.05. The van der Waals surface area contributed by atoms with E-state index < -0.39 is 0 Å². The lowest BCUT2D eigenvalue weighted by atomic mass is 9.86. The van der Waals surface area contributed by atoms with E-state index in [4.69, 9.17) is 34.8 Å². The third-order valence-corrected chi connectivity index (χ3v) is 5.85. The normalized spacial score (nSPS) is 14.4. The molecule has 0 aliphatic carbocycles. The molecule has 0 N–H and O–H groups in total. The number of hydrogen-bond acceptors (Lipinski definition) is 4. The molecule has 3 aromatic rings. The van der Waals surface area contributed by atoms with Crippen molar-refractivity contribution in [1.29, 1.82) is 0 Å². The summed E-state index contributed by atoms with van der Waals surface area (Å²) >= 11 is 18.5. The van der Waals surface area contributed by atoms with Crippen molar-refractivity contribution >= 4 is 40.9 Å². The van der Waals surface area contributed by atoms with E-state index in [9.17, 15) is 0 Å². The highest BCUT2D eigenvalue weighted by Crippen LogP contribution is 2.36. The predicted molar refractivity (Wildman–Crippen MR) is 129 cm³/mol. The average molecular weight is 479 g/mol. The van der Waals surface area contributed by atoms with Gasteiger partial charge < -0.3 is 0 Å². The maximum atomic E-state index is 6.37. The summed E-state index contributed by atoms with van der Waals surface area (Å²) in [6, 6.07) is 13.0. The summed E-state index contributed by atoms with van der Waals surface area (Å²) in [5.41, 5.74) is 1.79. The van der Waals surface area contributed by atoms with Crippen molar-refractivity contribution in [2.24, 2.45) is 5.41 Å². The fourth-order valence-electron chi connectivity index (χ4n) is 3.47. The molecule has 31 heavy (non-hydrogen) atoms. The van der Waals surface area contributed by atoms with Gasteiger partial charge in [-0.25, -0.2) is 4.68 Å². The molecule has 1 aromatic heterocycles. The van der Waals surface area contributed by atoms with Gasteiger partial charge in [0.1, 0.15) is 0 Å². The lowest BCUT2D eigenvalue weighted by Gasteiger charge is -2.31. The second-order valence-corrected chi connectivity index (χ2v) is 10.0. The first kappa shape index (κ1) is 23.7. The first-order valence-corrected chi connectivity index (χ1v) is 11.0. The number of hydrogen-bond donors (Lipinski definition) is 0. The number of benzene rings is 2. The van der Waals surface area contributed by atoms with Crippen LogP contribution in [0.1, 0.15) is 49.8 Å². The van der Waals surface area contributed by atoms with E-state index in [2.05, 4.69) is 47.3 Å². The molecule has 164 valence electrons. The molecule has 1 heterocycles. The fourth-order valence-corrected chi connectivity index (χ4v) is 4.07. The molecule has 0 unspecified atom stereocenters. The minimum Gasteiger partial charge on any atom is -0.296 e. The van der Waals surface area contributed by atoms with Gasteiger partial charge in [-0.3, -0.25) is 4.90 Å². The Morgan fingerprint density at radius 3 is 2.19 bits per heavy atom. The molecule has 0 amide bonds. The van der Waals surface area contributed by atoms with Crippen LogP contribution in [0, 0.1) is 5.41 Å². The second kappa shape index (κ2) is 9.70. The lowest BCUT2D eigenvalue weighted by Crippen LogP contribution is -2.30. The number of aromatic nitrogens is 4. The van der Waals surface area contributed by atoms with Crippen molar-refractivity contribution < 1.29 is 0 Å². The molecule has 8 heteroatoms. The van der Waals surface area contributed by atoms with E-state index >= 15 is 0 Å². The van der Waals surface area contributed by atoms with Crippen molar-refractivity contribution in [3.63, 3.8) is 0 Å². The highest BCUT2D eigenvalue weighted by molar-refractivity contribution is 6.35. The largest absolute Gasteiger partial charge is 0.296 e. The zero-order valence-corrected chi connectivity index (χ0v) is 20.5. The first-order valence-electron chi connectivity index (χ1n) is 9.91. The minimum absolute atomic E-state index is 0.112. The van der Waals surface area contributed by atoms with Crippen LogP contribution in [0.2, 0.25) is 15.1 Å². The maximum absolute atomic E-state index is 6.37. The van der Waals surface area contributed by atoms with E-state index in [0.717, 1.165) is 17.0 Å². The molecule has 3 rings (SSSR count). The molecule has 0 radical (unpaired) electrons. The third kappa shape index (κ3) is 5.66. The Hall–Kier alpha value is -1.92. The molecule has 0 bridgehead atoms. The van der Waals surface area contributed by atoms with Gasteiger partial charge >= 0.3 is 0 Å². The van der Waals surface area contributed by atoms with E-state index in [-0.39, 0.29) is 17.5 Å². The van der Waals surface area contributed by atoms with E-state index in [1.807, 2.05) is 61.3 Å². The SMILES string of the molecule is CN(C)[C@H](c1ccc(Cl)cc1)c1nnnn1[C@H](/C=C/c1ccc(Cl)cc1Cl)C(C)(C)C. The van der Waals surface area contributed by atoms with Crippen molar-refractivity contribution in [2.75, 3.05) is 14.1 Å². The molecule has 0 fully saturated rings. The molecule has 0 aliphatic rings. The first-order chi connectivity index (χ1) is 14.6. The molecular formula is C23H26Cl3N5. The molecule has 5 nitrogen and oxygen atoms in total. The summed E-state index contributed by atoms with van der Waals surface area (Å²) in [6.45, 7) is 6.47. The number of tetrazole rings is 1. The van der Waals surface area contributed by atoms with Crippen molar-refractivity contribution in [3.8, 4) is 0 Å². The Kier molecular flexibility index (Phi) is 7.43. The smallest absolute Gasteiger partial charge is 0.173 e. The van der Waals surface area contributed by atoms with Crippen LogP contribution in [0.25, 0.3) is 6.08 Å². The van der Waals surface area contributed by atoms with E-state index in [1.165, 1.54) is 0 Å². The number of allylic oxidation sites excluding steroid dienone is 1. The molecule has 2 aromatic carbocycles. The van der Waals surface area contributed by atoms with Crippen LogP contribution < -0.4 is 0 Å². The number of halogens is 3. The standard InChI is InChI=1S/C23H26Cl3N5/c1-23(2,3)20(13-9-15-6-12-18(25)14-19(15)26)31-22(27-28-29-31)21(30(4)5)16-7-10-17(24)11-8-16/h6-14,20-21H,1-5H3/b13-9+/t20-,21-/m1/s1. The van der Waals surface area contributed by atoms with Gasteiger partial charge in [0.25, 0.3) is 0 Å². The predicted octanol–water partition coefficient (Wildman–Crippen LogP) is 6.58. The van der Waals surface area contributed by atoms with Crippen LogP contribution in [0.15, 0.2) is 48.5 Å². The highest BCUT2D eigenvalue weighted by atomic mass is 35.5. The summed E-state index contributed by atoms with van der Waals surface area (Å²) in [4.78, 5) is 2.09. The van der Waals surface area contributed by atoms with Crippen LogP contribution in [0.3, 0.4) is 0 Å². The lowest BCUT2D eigenvalue weighted by molar-refractivity contribution is 0.245. The van der Waals surface area contributed by atoms with Crippen molar-refractivity contribution in [2.45, 2.75) is 32.9 Å². The second-order valence-electron chi connectivity index (χ2n) is 8.74. The molecule has 0 saturated heterocycles. The van der Waals surface area contributed by atoms with Crippen LogP contribution in [-0.2, 0) is 0 Å². The van der Waals surface area contributed by atoms with Crippen LogP contribution >= 0.6 is 34.8 Å². The molecule has 0 spiro atoms. The highest BCUT2D eigenvalue weighted by Gasteiger charge is 2.31. The van der Waals surface area contributed by atoms with Crippen LogP contribution in [0.5, 0.6) is 0 Å². The summed E-state index contributed by atoms with van der Waals surface area (Å²) in [6.07, 6.45) is 4.08. The monoisotopic (exact) mass is 477 g/mol. The van der Waals surface area contributed by atoms with Gasteiger partial charge in [0.05, 0.1) is 12.1 Å². The van der Waals surface area contributed by atoms with Gasteiger partial charge in [-0.05, 0) is 65.3 Å². The van der Waals surface area contributed by atoms with Crippen LogP contribution in [-0.4, -0.2) is 39.2 Å². The molecule has 0 aliphatic heterocycles. The van der Waals surface area contributed by atoms with Crippen molar-refractivity contribution in [1.82, 2.24) is 25.1 Å². The molecule has 2 atom stereocenters. The number of rotatable bonds is 6. The van der Waals surface area contributed by atoms with Crippen LogP contribution in [0.4, 0.5) is 0 Å². The van der Waals surface area contributed by atoms with Gasteiger partial charge in [0.2, 0.25) is 0 Å². The summed E-state index contributed by atoms with van der Waals surface area (Å²) in [5.74, 6) is 0.749. The average Bonchev–Trinajstić information content (AvgIpc) is 3.12. The zero-order chi connectivity index (χ0) is 22.8. The maximum Gasteiger partial charge on any atom is 0.173 e. The van der Waals surface area contributed by atoms with Gasteiger partial charge in [-0.15, -0.1) is 5.10 Å². The van der Waals surface area contributed by atoms with E-state index in [1.54, 1.807) is 6.07 Å². The Labute approximate surface area is 198 Å². The topological polar surface area (TPSA) is 46.8 Å². The Morgan fingerprint density at radius 1 is 0.968 bits per heavy atom.